The summed E-state index contributed by atoms with van der Waals surface area (Å²) in [5, 5.41) is 2.84. The first-order chi connectivity index (χ1) is 12.7. The molecule has 0 atom stereocenters. The standard InChI is InChI=1S/C21H24N2O3/c1-25-18-5-3-16(4-6-18)17-8-10-23(11-9-17)13-15-2-7-19-20(12-15)26-14-21(24)22-19/h2-7,12,17H,8-11,13-14H2,1H3,(H,22,24). The number of carbonyl (C=O) groups is 1. The van der Waals surface area contributed by atoms with E-state index in [0.29, 0.717) is 5.92 Å². The molecular formula is C21H24N2O3. The molecule has 2 aromatic carbocycles. The van der Waals surface area contributed by atoms with Gasteiger partial charge in [0.2, 0.25) is 0 Å². The van der Waals surface area contributed by atoms with Gasteiger partial charge in [0.1, 0.15) is 11.5 Å². The highest BCUT2D eigenvalue weighted by Gasteiger charge is 2.22. The fourth-order valence-electron chi connectivity index (χ4n) is 3.78. The molecule has 2 aromatic rings. The topological polar surface area (TPSA) is 50.8 Å². The number of benzene rings is 2. The van der Waals surface area contributed by atoms with Crippen LogP contribution in [-0.2, 0) is 11.3 Å². The summed E-state index contributed by atoms with van der Waals surface area (Å²) >= 11 is 0. The van der Waals surface area contributed by atoms with Gasteiger partial charge in [-0.25, -0.2) is 0 Å². The number of methoxy groups -OCH3 is 1. The number of ether oxygens (including phenoxy) is 2. The minimum Gasteiger partial charge on any atom is -0.497 e. The Balaban J connectivity index is 1.34. The van der Waals surface area contributed by atoms with Crippen molar-refractivity contribution < 1.29 is 14.3 Å². The number of carbonyl (C=O) groups excluding carboxylic acids is 1. The third-order valence-electron chi connectivity index (χ3n) is 5.26. The molecule has 2 aliphatic heterocycles. The first-order valence-electron chi connectivity index (χ1n) is 9.13. The third-order valence-corrected chi connectivity index (χ3v) is 5.26. The predicted octanol–water partition coefficient (Wildman–Crippen LogP) is 3.41. The summed E-state index contributed by atoms with van der Waals surface area (Å²) in [6.45, 7) is 3.19. The summed E-state index contributed by atoms with van der Waals surface area (Å²) in [4.78, 5) is 13.8. The van der Waals surface area contributed by atoms with Gasteiger partial charge in [-0.1, -0.05) is 18.2 Å². The van der Waals surface area contributed by atoms with Gasteiger partial charge in [-0.05, 0) is 67.2 Å². The van der Waals surface area contributed by atoms with Crippen LogP contribution in [0.3, 0.4) is 0 Å². The Hall–Kier alpha value is -2.53. The van der Waals surface area contributed by atoms with E-state index in [4.69, 9.17) is 9.47 Å². The molecule has 0 unspecified atom stereocenters. The van der Waals surface area contributed by atoms with Crippen LogP contribution in [0.4, 0.5) is 5.69 Å². The summed E-state index contributed by atoms with van der Waals surface area (Å²) in [6.07, 6.45) is 2.34. The van der Waals surface area contributed by atoms with Crippen LogP contribution in [0, 0.1) is 0 Å². The van der Waals surface area contributed by atoms with Crippen molar-refractivity contribution in [2.75, 3.05) is 32.1 Å². The number of piperidine rings is 1. The molecule has 5 nitrogen and oxygen atoms in total. The number of fused-ring (bicyclic) bond motifs is 1. The first-order valence-corrected chi connectivity index (χ1v) is 9.13. The molecular weight excluding hydrogens is 328 g/mol. The van der Waals surface area contributed by atoms with E-state index in [1.807, 2.05) is 24.3 Å². The number of hydrogen-bond acceptors (Lipinski definition) is 4. The van der Waals surface area contributed by atoms with Crippen LogP contribution < -0.4 is 14.8 Å². The first kappa shape index (κ1) is 16.9. The smallest absolute Gasteiger partial charge is 0.262 e. The lowest BCUT2D eigenvalue weighted by Crippen LogP contribution is -2.32. The fourth-order valence-corrected chi connectivity index (χ4v) is 3.78. The van der Waals surface area contributed by atoms with E-state index in [1.165, 1.54) is 24.0 Å². The Labute approximate surface area is 153 Å². The van der Waals surface area contributed by atoms with E-state index in [0.717, 1.165) is 36.8 Å². The summed E-state index contributed by atoms with van der Waals surface area (Å²) in [7, 11) is 1.70. The lowest BCUT2D eigenvalue weighted by molar-refractivity contribution is -0.118. The van der Waals surface area contributed by atoms with Crippen molar-refractivity contribution >= 4 is 11.6 Å². The molecule has 2 aliphatic rings. The van der Waals surface area contributed by atoms with Crippen molar-refractivity contribution in [2.24, 2.45) is 0 Å². The van der Waals surface area contributed by atoms with Crippen LogP contribution in [0.5, 0.6) is 11.5 Å². The average Bonchev–Trinajstić information content (AvgIpc) is 2.69. The zero-order chi connectivity index (χ0) is 17.9. The van der Waals surface area contributed by atoms with Crippen molar-refractivity contribution in [2.45, 2.75) is 25.3 Å². The van der Waals surface area contributed by atoms with E-state index < -0.39 is 0 Å². The highest BCUT2D eigenvalue weighted by molar-refractivity contribution is 5.95. The van der Waals surface area contributed by atoms with Crippen molar-refractivity contribution in [3.05, 3.63) is 53.6 Å². The highest BCUT2D eigenvalue weighted by atomic mass is 16.5. The predicted molar refractivity (Wildman–Crippen MR) is 101 cm³/mol. The van der Waals surface area contributed by atoms with Gasteiger partial charge in [0, 0.05) is 6.54 Å². The van der Waals surface area contributed by atoms with E-state index >= 15 is 0 Å². The van der Waals surface area contributed by atoms with E-state index in [-0.39, 0.29) is 12.5 Å². The normalized spacial score (nSPS) is 18.0. The SMILES string of the molecule is COc1ccc(C2CCN(Cc3ccc4c(c3)OCC(=O)N4)CC2)cc1. The zero-order valence-electron chi connectivity index (χ0n) is 15.0. The summed E-state index contributed by atoms with van der Waals surface area (Å²) in [5.74, 6) is 2.22. The number of nitrogens with one attached hydrogen (secondary N) is 1. The molecule has 136 valence electrons. The fraction of sp³-hybridized carbons (Fsp3) is 0.381. The quantitative estimate of drug-likeness (QED) is 0.916. The molecule has 0 spiro atoms. The van der Waals surface area contributed by atoms with Gasteiger partial charge in [0.05, 0.1) is 12.8 Å². The van der Waals surface area contributed by atoms with Crippen molar-refractivity contribution in [1.82, 2.24) is 4.90 Å². The van der Waals surface area contributed by atoms with Gasteiger partial charge >= 0.3 is 0 Å². The van der Waals surface area contributed by atoms with Gasteiger partial charge in [-0.2, -0.15) is 0 Å². The lowest BCUT2D eigenvalue weighted by atomic mass is 9.89. The Morgan fingerprint density at radius 1 is 1.15 bits per heavy atom. The second-order valence-electron chi connectivity index (χ2n) is 6.99. The minimum absolute atomic E-state index is 0.0918. The molecule has 1 fully saturated rings. The van der Waals surface area contributed by atoms with Crippen LogP contribution in [0.2, 0.25) is 0 Å². The minimum atomic E-state index is -0.0918. The molecule has 5 heteroatoms. The molecule has 26 heavy (non-hydrogen) atoms. The van der Waals surface area contributed by atoms with Crippen molar-refractivity contribution in [3.63, 3.8) is 0 Å². The van der Waals surface area contributed by atoms with Gasteiger partial charge in [0.15, 0.2) is 6.61 Å². The number of amides is 1. The van der Waals surface area contributed by atoms with E-state index in [1.54, 1.807) is 7.11 Å². The van der Waals surface area contributed by atoms with Crippen molar-refractivity contribution in [1.29, 1.82) is 0 Å². The monoisotopic (exact) mass is 352 g/mol. The number of nitrogens with zero attached hydrogens (tertiary/aromatic N) is 1. The van der Waals surface area contributed by atoms with Gasteiger partial charge in [-0.15, -0.1) is 0 Å². The molecule has 0 aliphatic carbocycles. The molecule has 1 N–H and O–H groups in total. The van der Waals surface area contributed by atoms with Crippen LogP contribution in [0.15, 0.2) is 42.5 Å². The maximum Gasteiger partial charge on any atom is 0.262 e. The largest absolute Gasteiger partial charge is 0.497 e. The molecule has 4 rings (SSSR count). The highest BCUT2D eigenvalue weighted by Crippen LogP contribution is 2.32. The molecule has 0 radical (unpaired) electrons. The molecule has 0 bridgehead atoms. The Morgan fingerprint density at radius 3 is 2.65 bits per heavy atom. The molecule has 2 heterocycles. The van der Waals surface area contributed by atoms with E-state index in [9.17, 15) is 4.79 Å². The second kappa shape index (κ2) is 7.38. The average molecular weight is 352 g/mol. The molecule has 0 saturated carbocycles. The number of anilines is 1. The Bertz CT molecular complexity index is 780. The Morgan fingerprint density at radius 2 is 1.92 bits per heavy atom. The van der Waals surface area contributed by atoms with Crippen LogP contribution in [-0.4, -0.2) is 37.6 Å². The lowest BCUT2D eigenvalue weighted by Gasteiger charge is -2.32. The molecule has 1 saturated heterocycles. The number of rotatable bonds is 4. The Kier molecular flexibility index (Phi) is 4.80. The number of hydrogen-bond donors (Lipinski definition) is 1. The van der Waals surface area contributed by atoms with Gasteiger partial charge in [0.25, 0.3) is 5.91 Å². The maximum absolute atomic E-state index is 11.4. The maximum atomic E-state index is 11.4. The van der Waals surface area contributed by atoms with Crippen LogP contribution in [0.1, 0.15) is 29.9 Å². The van der Waals surface area contributed by atoms with Crippen molar-refractivity contribution in [3.8, 4) is 11.5 Å². The summed E-state index contributed by atoms with van der Waals surface area (Å²) in [5.41, 5.74) is 3.40. The van der Waals surface area contributed by atoms with Gasteiger partial charge < -0.3 is 14.8 Å². The zero-order valence-corrected chi connectivity index (χ0v) is 15.0. The van der Waals surface area contributed by atoms with Crippen LogP contribution in [0.25, 0.3) is 0 Å². The summed E-state index contributed by atoms with van der Waals surface area (Å²) in [6, 6.07) is 14.5. The van der Waals surface area contributed by atoms with E-state index in [2.05, 4.69) is 28.4 Å². The molecule has 1 amide bonds. The number of likely N-dealkylation sites (tertiary alicyclic amines) is 1. The van der Waals surface area contributed by atoms with Crippen LogP contribution >= 0.6 is 0 Å². The second-order valence-corrected chi connectivity index (χ2v) is 6.99. The van der Waals surface area contributed by atoms with Gasteiger partial charge in [-0.3, -0.25) is 9.69 Å². The summed E-state index contributed by atoms with van der Waals surface area (Å²) < 4.78 is 10.8. The molecule has 0 aromatic heterocycles. The third kappa shape index (κ3) is 3.68.